The van der Waals surface area contributed by atoms with Crippen molar-refractivity contribution in [3.63, 3.8) is 0 Å². The van der Waals surface area contributed by atoms with Crippen LogP contribution in [0.15, 0.2) is 54.6 Å². The number of carbonyl (C=O) groups is 1. The zero-order valence-electron chi connectivity index (χ0n) is 12.6. The highest BCUT2D eigenvalue weighted by Gasteiger charge is 2.15. The third-order valence-corrected chi connectivity index (χ3v) is 4.31. The third kappa shape index (κ3) is 2.28. The predicted molar refractivity (Wildman–Crippen MR) is 94.4 cm³/mol. The van der Waals surface area contributed by atoms with E-state index in [9.17, 15) is 4.79 Å². The maximum Gasteiger partial charge on any atom is 0.249 e. The van der Waals surface area contributed by atoms with E-state index < -0.39 is 5.91 Å². The SMILES string of the molecule is NC(=O)c1cccc2cccc(Nc3cccc4c3CCN4)c12. The van der Waals surface area contributed by atoms with Crippen LogP contribution in [0.1, 0.15) is 15.9 Å². The number of amides is 1. The van der Waals surface area contributed by atoms with Crippen molar-refractivity contribution in [1.82, 2.24) is 0 Å². The van der Waals surface area contributed by atoms with Gasteiger partial charge in [-0.15, -0.1) is 0 Å². The molecule has 23 heavy (non-hydrogen) atoms. The highest BCUT2D eigenvalue weighted by molar-refractivity contribution is 6.11. The Hall–Kier alpha value is -3.01. The lowest BCUT2D eigenvalue weighted by molar-refractivity contribution is 0.100. The van der Waals surface area contributed by atoms with Crippen LogP contribution in [-0.2, 0) is 6.42 Å². The van der Waals surface area contributed by atoms with Crippen molar-refractivity contribution in [2.45, 2.75) is 6.42 Å². The number of primary amides is 1. The Morgan fingerprint density at radius 1 is 1.00 bits per heavy atom. The molecule has 0 saturated heterocycles. The number of nitrogens with one attached hydrogen (secondary N) is 2. The van der Waals surface area contributed by atoms with E-state index in [-0.39, 0.29) is 0 Å². The number of anilines is 3. The number of hydrogen-bond donors (Lipinski definition) is 3. The summed E-state index contributed by atoms with van der Waals surface area (Å²) in [5, 5.41) is 8.74. The van der Waals surface area contributed by atoms with Crippen LogP contribution >= 0.6 is 0 Å². The van der Waals surface area contributed by atoms with Gasteiger partial charge in [0, 0.05) is 40.1 Å². The molecule has 1 aliphatic rings. The van der Waals surface area contributed by atoms with Crippen molar-refractivity contribution < 1.29 is 4.79 Å². The summed E-state index contributed by atoms with van der Waals surface area (Å²) in [5.74, 6) is -0.412. The summed E-state index contributed by atoms with van der Waals surface area (Å²) in [6.45, 7) is 0.954. The Morgan fingerprint density at radius 3 is 2.57 bits per heavy atom. The highest BCUT2D eigenvalue weighted by atomic mass is 16.1. The number of hydrogen-bond acceptors (Lipinski definition) is 3. The van der Waals surface area contributed by atoms with Gasteiger partial charge < -0.3 is 16.4 Å². The molecule has 0 fully saturated rings. The number of fused-ring (bicyclic) bond motifs is 2. The molecule has 0 aliphatic carbocycles. The van der Waals surface area contributed by atoms with Gasteiger partial charge in [0.05, 0.1) is 0 Å². The van der Waals surface area contributed by atoms with Crippen LogP contribution in [0, 0.1) is 0 Å². The van der Waals surface area contributed by atoms with Gasteiger partial charge in [-0.05, 0) is 36.1 Å². The van der Waals surface area contributed by atoms with E-state index in [1.165, 1.54) is 11.3 Å². The Bertz CT molecular complexity index is 912. The minimum Gasteiger partial charge on any atom is -0.384 e. The van der Waals surface area contributed by atoms with Gasteiger partial charge in [0.25, 0.3) is 0 Å². The fourth-order valence-corrected chi connectivity index (χ4v) is 3.26. The lowest BCUT2D eigenvalue weighted by atomic mass is 10.0. The van der Waals surface area contributed by atoms with Crippen LogP contribution in [0.3, 0.4) is 0 Å². The minimum absolute atomic E-state index is 0.412. The van der Waals surface area contributed by atoms with Gasteiger partial charge in [-0.3, -0.25) is 4.79 Å². The largest absolute Gasteiger partial charge is 0.384 e. The molecule has 3 aromatic rings. The summed E-state index contributed by atoms with van der Waals surface area (Å²) in [4.78, 5) is 11.8. The van der Waals surface area contributed by atoms with Crippen molar-refractivity contribution in [2.24, 2.45) is 5.73 Å². The molecule has 4 nitrogen and oxygen atoms in total. The first-order chi connectivity index (χ1) is 11.2. The summed E-state index contributed by atoms with van der Waals surface area (Å²) in [5.41, 5.74) is 10.5. The van der Waals surface area contributed by atoms with E-state index in [0.717, 1.165) is 35.1 Å². The molecule has 1 heterocycles. The minimum atomic E-state index is -0.412. The third-order valence-electron chi connectivity index (χ3n) is 4.31. The first kappa shape index (κ1) is 13.6. The summed E-state index contributed by atoms with van der Waals surface area (Å²) in [6.07, 6.45) is 0.992. The second-order valence-corrected chi connectivity index (χ2v) is 5.71. The fourth-order valence-electron chi connectivity index (χ4n) is 3.26. The monoisotopic (exact) mass is 303 g/mol. The average molecular weight is 303 g/mol. The fraction of sp³-hybridized carbons (Fsp3) is 0.105. The highest BCUT2D eigenvalue weighted by Crippen LogP contribution is 2.34. The first-order valence-electron chi connectivity index (χ1n) is 7.68. The van der Waals surface area contributed by atoms with E-state index in [1.54, 1.807) is 6.07 Å². The zero-order chi connectivity index (χ0) is 15.8. The second kappa shape index (κ2) is 5.32. The quantitative estimate of drug-likeness (QED) is 0.692. The number of benzene rings is 3. The van der Waals surface area contributed by atoms with E-state index in [2.05, 4.69) is 22.8 Å². The van der Waals surface area contributed by atoms with E-state index >= 15 is 0 Å². The van der Waals surface area contributed by atoms with Gasteiger partial charge in [-0.1, -0.05) is 30.3 Å². The summed E-state index contributed by atoms with van der Waals surface area (Å²) < 4.78 is 0. The van der Waals surface area contributed by atoms with Crippen molar-refractivity contribution in [3.05, 3.63) is 65.7 Å². The topological polar surface area (TPSA) is 67.2 Å². The lowest BCUT2D eigenvalue weighted by Crippen LogP contribution is -2.12. The number of nitrogens with two attached hydrogens (primary N) is 1. The van der Waals surface area contributed by atoms with E-state index in [1.807, 2.05) is 36.4 Å². The standard InChI is InChI=1S/C19H17N3O/c20-19(23)14-6-1-4-12-5-2-9-17(18(12)14)22-16-8-3-7-15-13(16)10-11-21-15/h1-9,21-22H,10-11H2,(H2,20,23). The molecule has 114 valence electrons. The van der Waals surface area contributed by atoms with Gasteiger partial charge in [0.1, 0.15) is 0 Å². The normalized spacial score (nSPS) is 12.7. The summed E-state index contributed by atoms with van der Waals surface area (Å²) in [6, 6.07) is 17.8. The van der Waals surface area contributed by atoms with Gasteiger partial charge in [0.15, 0.2) is 0 Å². The second-order valence-electron chi connectivity index (χ2n) is 5.71. The van der Waals surface area contributed by atoms with Gasteiger partial charge >= 0.3 is 0 Å². The smallest absolute Gasteiger partial charge is 0.249 e. The number of rotatable bonds is 3. The molecule has 4 heteroatoms. The molecule has 0 unspecified atom stereocenters. The van der Waals surface area contributed by atoms with Gasteiger partial charge in [0.2, 0.25) is 5.91 Å². The van der Waals surface area contributed by atoms with Gasteiger partial charge in [-0.2, -0.15) is 0 Å². The van der Waals surface area contributed by atoms with Crippen LogP contribution in [-0.4, -0.2) is 12.5 Å². The van der Waals surface area contributed by atoms with Crippen molar-refractivity contribution in [2.75, 3.05) is 17.2 Å². The Balaban J connectivity index is 1.87. The average Bonchev–Trinajstić information content (AvgIpc) is 3.04. The van der Waals surface area contributed by atoms with Crippen LogP contribution in [0.25, 0.3) is 10.8 Å². The molecule has 0 radical (unpaired) electrons. The van der Waals surface area contributed by atoms with Gasteiger partial charge in [-0.25, -0.2) is 0 Å². The van der Waals surface area contributed by atoms with Crippen LogP contribution < -0.4 is 16.4 Å². The van der Waals surface area contributed by atoms with E-state index in [4.69, 9.17) is 5.73 Å². The summed E-state index contributed by atoms with van der Waals surface area (Å²) in [7, 11) is 0. The molecule has 0 spiro atoms. The maximum absolute atomic E-state index is 11.8. The molecular formula is C19H17N3O. The molecule has 4 rings (SSSR count). The molecule has 1 amide bonds. The van der Waals surface area contributed by atoms with Crippen molar-refractivity contribution in [1.29, 1.82) is 0 Å². The molecular weight excluding hydrogens is 286 g/mol. The van der Waals surface area contributed by atoms with Crippen LogP contribution in [0.4, 0.5) is 17.1 Å². The molecule has 3 aromatic carbocycles. The number of carbonyl (C=O) groups excluding carboxylic acids is 1. The van der Waals surface area contributed by atoms with Crippen LogP contribution in [0.5, 0.6) is 0 Å². The Morgan fingerprint density at radius 2 is 1.74 bits per heavy atom. The molecule has 0 atom stereocenters. The van der Waals surface area contributed by atoms with Crippen molar-refractivity contribution in [3.8, 4) is 0 Å². The van der Waals surface area contributed by atoms with E-state index in [0.29, 0.717) is 5.56 Å². The maximum atomic E-state index is 11.8. The molecule has 0 aromatic heterocycles. The Kier molecular flexibility index (Phi) is 3.15. The first-order valence-corrected chi connectivity index (χ1v) is 7.68. The van der Waals surface area contributed by atoms with Crippen molar-refractivity contribution >= 4 is 33.7 Å². The molecule has 0 bridgehead atoms. The lowest BCUT2D eigenvalue weighted by Gasteiger charge is -2.14. The summed E-state index contributed by atoms with van der Waals surface area (Å²) >= 11 is 0. The zero-order valence-corrected chi connectivity index (χ0v) is 12.6. The predicted octanol–water partition coefficient (Wildman–Crippen LogP) is 3.65. The van der Waals surface area contributed by atoms with Crippen LogP contribution in [0.2, 0.25) is 0 Å². The Labute approximate surface area is 134 Å². The molecule has 1 aliphatic heterocycles. The molecule has 0 saturated carbocycles. The molecule has 4 N–H and O–H groups in total.